The molecule has 2 atom stereocenters. The van der Waals surface area contributed by atoms with Crippen molar-refractivity contribution in [2.75, 3.05) is 19.6 Å². The molecule has 2 aliphatic heterocycles. The van der Waals surface area contributed by atoms with Crippen molar-refractivity contribution in [3.8, 4) is 0 Å². The molecule has 2 heterocycles. The molecule has 0 radical (unpaired) electrons. The molecule has 2 unspecified atom stereocenters. The van der Waals surface area contributed by atoms with E-state index in [1.54, 1.807) is 0 Å². The van der Waals surface area contributed by atoms with Gasteiger partial charge in [0, 0.05) is 31.7 Å². The van der Waals surface area contributed by atoms with Gasteiger partial charge in [0.2, 0.25) is 0 Å². The molecule has 2 fully saturated rings. The zero-order valence-corrected chi connectivity index (χ0v) is 9.14. The maximum absolute atomic E-state index is 3.49. The van der Waals surface area contributed by atoms with Crippen LogP contribution in [0.3, 0.4) is 0 Å². The van der Waals surface area contributed by atoms with Crippen LogP contribution in [0.25, 0.3) is 0 Å². The number of fused-ring (bicyclic) bond motifs is 1. The minimum atomic E-state index is 0.464. The first-order chi connectivity index (χ1) is 6.09. The summed E-state index contributed by atoms with van der Waals surface area (Å²) in [6.07, 6.45) is 2.80. The van der Waals surface area contributed by atoms with Crippen molar-refractivity contribution in [2.45, 2.75) is 45.7 Å². The lowest BCUT2D eigenvalue weighted by Crippen LogP contribution is -2.53. The third-order valence-corrected chi connectivity index (χ3v) is 3.57. The summed E-state index contributed by atoms with van der Waals surface area (Å²) in [4.78, 5) is 2.73. The Kier molecular flexibility index (Phi) is 2.37. The van der Waals surface area contributed by atoms with Gasteiger partial charge in [-0.05, 0) is 18.3 Å². The zero-order valence-electron chi connectivity index (χ0n) is 9.14. The summed E-state index contributed by atoms with van der Waals surface area (Å²) in [6.45, 7) is 10.8. The predicted molar refractivity (Wildman–Crippen MR) is 55.8 cm³/mol. The normalized spacial score (nSPS) is 36.2. The topological polar surface area (TPSA) is 15.3 Å². The van der Waals surface area contributed by atoms with Gasteiger partial charge in [-0.25, -0.2) is 0 Å². The smallest absolute Gasteiger partial charge is 0.0224 e. The molecule has 0 saturated carbocycles. The van der Waals surface area contributed by atoms with E-state index in [1.807, 2.05) is 0 Å². The van der Waals surface area contributed by atoms with E-state index in [0.717, 1.165) is 12.1 Å². The standard InChI is InChI=1S/C11H22N2/c1-11(2,3)10-5-4-9-8-12-6-7-13(9)10/h9-10,12H,4-8H2,1-3H3. The molecule has 0 aliphatic carbocycles. The van der Waals surface area contributed by atoms with Crippen LogP contribution < -0.4 is 5.32 Å². The van der Waals surface area contributed by atoms with Crippen molar-refractivity contribution in [3.63, 3.8) is 0 Å². The first-order valence-electron chi connectivity index (χ1n) is 5.55. The molecule has 0 aromatic heterocycles. The lowest BCUT2D eigenvalue weighted by molar-refractivity contribution is 0.0913. The van der Waals surface area contributed by atoms with Crippen LogP contribution in [0.5, 0.6) is 0 Å². The molecule has 2 aliphatic rings. The number of nitrogens with zero attached hydrogens (tertiary/aromatic N) is 1. The molecular weight excluding hydrogens is 160 g/mol. The van der Waals surface area contributed by atoms with Crippen LogP contribution in [0, 0.1) is 5.41 Å². The van der Waals surface area contributed by atoms with Crippen LogP contribution in [0.1, 0.15) is 33.6 Å². The van der Waals surface area contributed by atoms with Gasteiger partial charge in [0.25, 0.3) is 0 Å². The number of piperazine rings is 1. The van der Waals surface area contributed by atoms with Crippen LogP contribution in [0.15, 0.2) is 0 Å². The molecule has 1 N–H and O–H groups in total. The summed E-state index contributed by atoms with van der Waals surface area (Å²) in [5.41, 5.74) is 0.464. The number of hydrogen-bond acceptors (Lipinski definition) is 2. The summed E-state index contributed by atoms with van der Waals surface area (Å²) >= 11 is 0. The van der Waals surface area contributed by atoms with E-state index in [-0.39, 0.29) is 0 Å². The highest BCUT2D eigenvalue weighted by Gasteiger charge is 2.40. The average molecular weight is 182 g/mol. The molecule has 0 amide bonds. The second kappa shape index (κ2) is 3.25. The summed E-state index contributed by atoms with van der Waals surface area (Å²) in [6, 6.07) is 1.65. The molecule has 2 nitrogen and oxygen atoms in total. The van der Waals surface area contributed by atoms with Crippen LogP contribution in [-0.2, 0) is 0 Å². The van der Waals surface area contributed by atoms with Crippen molar-refractivity contribution in [2.24, 2.45) is 5.41 Å². The highest BCUT2D eigenvalue weighted by atomic mass is 15.3. The van der Waals surface area contributed by atoms with Gasteiger partial charge < -0.3 is 5.32 Å². The molecule has 0 aromatic rings. The second-order valence-electron chi connectivity index (χ2n) is 5.55. The molecule has 2 saturated heterocycles. The fraction of sp³-hybridized carbons (Fsp3) is 1.00. The predicted octanol–water partition coefficient (Wildman–Crippen LogP) is 1.47. The molecule has 76 valence electrons. The Hall–Kier alpha value is -0.0800. The molecule has 0 bridgehead atoms. The summed E-state index contributed by atoms with van der Waals surface area (Å²) < 4.78 is 0. The lowest BCUT2D eigenvalue weighted by Gasteiger charge is -2.40. The summed E-state index contributed by atoms with van der Waals surface area (Å²) in [5, 5.41) is 3.49. The maximum atomic E-state index is 3.49. The van der Waals surface area contributed by atoms with E-state index >= 15 is 0 Å². The van der Waals surface area contributed by atoms with Gasteiger partial charge in [-0.15, -0.1) is 0 Å². The van der Waals surface area contributed by atoms with E-state index < -0.39 is 0 Å². The highest BCUT2D eigenvalue weighted by Crippen LogP contribution is 2.36. The van der Waals surface area contributed by atoms with Gasteiger partial charge >= 0.3 is 0 Å². The van der Waals surface area contributed by atoms with Crippen LogP contribution in [0.2, 0.25) is 0 Å². The van der Waals surface area contributed by atoms with Crippen LogP contribution >= 0.6 is 0 Å². The van der Waals surface area contributed by atoms with E-state index in [0.29, 0.717) is 5.41 Å². The quantitative estimate of drug-likeness (QED) is 0.610. The Morgan fingerprint density at radius 1 is 1.23 bits per heavy atom. The first kappa shape index (κ1) is 9.47. The molecule has 2 heteroatoms. The van der Waals surface area contributed by atoms with E-state index in [2.05, 4.69) is 31.0 Å². The zero-order chi connectivity index (χ0) is 9.47. The molecular formula is C11H22N2. The molecule has 2 rings (SSSR count). The van der Waals surface area contributed by atoms with Crippen molar-refractivity contribution >= 4 is 0 Å². The Bertz CT molecular complexity index is 183. The van der Waals surface area contributed by atoms with E-state index in [4.69, 9.17) is 0 Å². The fourth-order valence-corrected chi connectivity index (χ4v) is 2.90. The molecule has 13 heavy (non-hydrogen) atoms. The van der Waals surface area contributed by atoms with E-state index in [9.17, 15) is 0 Å². The first-order valence-corrected chi connectivity index (χ1v) is 5.55. The Morgan fingerprint density at radius 2 is 2.00 bits per heavy atom. The Labute approximate surface area is 81.7 Å². The molecule has 0 aromatic carbocycles. The van der Waals surface area contributed by atoms with Crippen LogP contribution in [0.4, 0.5) is 0 Å². The number of rotatable bonds is 0. The van der Waals surface area contributed by atoms with Crippen molar-refractivity contribution in [1.82, 2.24) is 10.2 Å². The third kappa shape index (κ3) is 1.75. The van der Waals surface area contributed by atoms with E-state index in [1.165, 1.54) is 32.5 Å². The van der Waals surface area contributed by atoms with Crippen molar-refractivity contribution < 1.29 is 0 Å². The Morgan fingerprint density at radius 3 is 2.69 bits per heavy atom. The largest absolute Gasteiger partial charge is 0.314 e. The Balaban J connectivity index is 2.07. The van der Waals surface area contributed by atoms with Crippen molar-refractivity contribution in [3.05, 3.63) is 0 Å². The lowest BCUT2D eigenvalue weighted by atomic mass is 9.85. The summed E-state index contributed by atoms with van der Waals surface area (Å²) in [7, 11) is 0. The average Bonchev–Trinajstić information content (AvgIpc) is 2.45. The summed E-state index contributed by atoms with van der Waals surface area (Å²) in [5.74, 6) is 0. The monoisotopic (exact) mass is 182 g/mol. The van der Waals surface area contributed by atoms with Gasteiger partial charge in [0.05, 0.1) is 0 Å². The van der Waals surface area contributed by atoms with Crippen molar-refractivity contribution in [1.29, 1.82) is 0 Å². The van der Waals surface area contributed by atoms with Gasteiger partial charge in [-0.2, -0.15) is 0 Å². The number of hydrogen-bond donors (Lipinski definition) is 1. The maximum Gasteiger partial charge on any atom is 0.0224 e. The minimum absolute atomic E-state index is 0.464. The third-order valence-electron chi connectivity index (χ3n) is 3.57. The SMILES string of the molecule is CC(C)(C)C1CCC2CNCCN21. The second-order valence-corrected chi connectivity index (χ2v) is 5.55. The molecule has 0 spiro atoms. The van der Waals surface area contributed by atoms with Gasteiger partial charge in [0.1, 0.15) is 0 Å². The van der Waals surface area contributed by atoms with Crippen LogP contribution in [-0.4, -0.2) is 36.6 Å². The fourth-order valence-electron chi connectivity index (χ4n) is 2.90. The minimum Gasteiger partial charge on any atom is -0.314 e. The number of nitrogens with one attached hydrogen (secondary N) is 1. The van der Waals surface area contributed by atoms with Gasteiger partial charge in [-0.1, -0.05) is 20.8 Å². The van der Waals surface area contributed by atoms with Gasteiger partial charge in [-0.3, -0.25) is 4.90 Å². The highest BCUT2D eigenvalue weighted by molar-refractivity contribution is 4.96. The van der Waals surface area contributed by atoms with Gasteiger partial charge in [0.15, 0.2) is 0 Å².